The molecule has 1 aliphatic heterocycles. The van der Waals surface area contributed by atoms with Gasteiger partial charge in [-0.1, -0.05) is 6.07 Å². The van der Waals surface area contributed by atoms with Crippen LogP contribution < -0.4 is 0 Å². The normalized spacial score (nSPS) is 18.1. The third-order valence-electron chi connectivity index (χ3n) is 3.71. The Balaban J connectivity index is 1.54. The number of carboxylic acid groups (broad SMARTS) is 1. The zero-order chi connectivity index (χ0) is 16.2. The summed E-state index contributed by atoms with van der Waals surface area (Å²) in [5.74, 6) is 0.451. The molecule has 0 aliphatic carbocycles. The maximum absolute atomic E-state index is 12.2. The van der Waals surface area contributed by atoms with Crippen molar-refractivity contribution in [2.75, 3.05) is 19.7 Å². The van der Waals surface area contributed by atoms with Crippen molar-refractivity contribution < 1.29 is 23.8 Å². The molecular weight excluding hydrogens is 318 g/mol. The number of hydrogen-bond acceptors (Lipinski definition) is 5. The Morgan fingerprint density at radius 3 is 2.96 bits per heavy atom. The van der Waals surface area contributed by atoms with Gasteiger partial charge in [-0.15, -0.1) is 11.3 Å². The van der Waals surface area contributed by atoms with E-state index >= 15 is 0 Å². The van der Waals surface area contributed by atoms with Crippen LogP contribution in [0.2, 0.25) is 0 Å². The molecule has 1 saturated heterocycles. The first kappa shape index (κ1) is 15.8. The molecule has 0 aromatic carbocycles. The van der Waals surface area contributed by atoms with Crippen LogP contribution in [0.15, 0.2) is 34.1 Å². The molecule has 0 radical (unpaired) electrons. The highest BCUT2D eigenvalue weighted by molar-refractivity contribution is 7.13. The molecule has 7 heteroatoms. The SMILES string of the molecule is O=C(O)[C@@H]1CN(C(=O)CCc2ccc(-c3cccs3)o2)CCO1. The molecule has 122 valence electrons. The molecule has 0 saturated carbocycles. The lowest BCUT2D eigenvalue weighted by atomic mass is 10.2. The number of furan rings is 1. The third-order valence-corrected chi connectivity index (χ3v) is 4.59. The smallest absolute Gasteiger partial charge is 0.334 e. The number of carbonyl (C=O) groups excluding carboxylic acids is 1. The number of carbonyl (C=O) groups is 2. The fraction of sp³-hybridized carbons (Fsp3) is 0.375. The quantitative estimate of drug-likeness (QED) is 0.906. The molecule has 0 bridgehead atoms. The zero-order valence-corrected chi connectivity index (χ0v) is 13.3. The van der Waals surface area contributed by atoms with E-state index in [1.165, 1.54) is 0 Å². The van der Waals surface area contributed by atoms with Gasteiger partial charge in [0.1, 0.15) is 11.5 Å². The number of nitrogens with zero attached hydrogens (tertiary/aromatic N) is 1. The second kappa shape index (κ2) is 6.97. The van der Waals surface area contributed by atoms with E-state index in [1.54, 1.807) is 16.2 Å². The van der Waals surface area contributed by atoms with Gasteiger partial charge >= 0.3 is 5.97 Å². The van der Waals surface area contributed by atoms with Gasteiger partial charge in [-0.3, -0.25) is 4.79 Å². The molecule has 0 spiro atoms. The van der Waals surface area contributed by atoms with Gasteiger partial charge in [0.05, 0.1) is 18.0 Å². The summed E-state index contributed by atoms with van der Waals surface area (Å²) in [5, 5.41) is 10.9. The van der Waals surface area contributed by atoms with Crippen molar-refractivity contribution in [2.45, 2.75) is 18.9 Å². The van der Waals surface area contributed by atoms with Crippen LogP contribution in [0.25, 0.3) is 10.6 Å². The van der Waals surface area contributed by atoms with E-state index < -0.39 is 12.1 Å². The highest BCUT2D eigenvalue weighted by Gasteiger charge is 2.28. The predicted octanol–water partition coefficient (Wildman–Crippen LogP) is 2.25. The fourth-order valence-corrected chi connectivity index (χ4v) is 3.16. The zero-order valence-electron chi connectivity index (χ0n) is 12.4. The van der Waals surface area contributed by atoms with Crippen LogP contribution in [-0.4, -0.2) is 47.7 Å². The Morgan fingerprint density at radius 1 is 1.35 bits per heavy atom. The average molecular weight is 335 g/mol. The Hall–Kier alpha value is -2.12. The van der Waals surface area contributed by atoms with Crippen molar-refractivity contribution >= 4 is 23.2 Å². The first-order chi connectivity index (χ1) is 11.1. The monoisotopic (exact) mass is 335 g/mol. The minimum atomic E-state index is -1.03. The summed E-state index contributed by atoms with van der Waals surface area (Å²) in [6.07, 6.45) is -0.134. The number of ether oxygens (including phenoxy) is 1. The number of morpholine rings is 1. The number of rotatable bonds is 5. The van der Waals surface area contributed by atoms with Gasteiger partial charge in [0.15, 0.2) is 6.10 Å². The predicted molar refractivity (Wildman–Crippen MR) is 84.3 cm³/mol. The summed E-state index contributed by atoms with van der Waals surface area (Å²) >= 11 is 1.60. The Morgan fingerprint density at radius 2 is 2.22 bits per heavy atom. The maximum atomic E-state index is 12.2. The minimum absolute atomic E-state index is 0.0753. The Labute approximate surface area is 137 Å². The second-order valence-electron chi connectivity index (χ2n) is 5.28. The van der Waals surface area contributed by atoms with Gasteiger partial charge in [0.25, 0.3) is 0 Å². The van der Waals surface area contributed by atoms with E-state index in [0.717, 1.165) is 16.4 Å². The number of aliphatic carboxylic acids is 1. The lowest BCUT2D eigenvalue weighted by Crippen LogP contribution is -2.48. The highest BCUT2D eigenvalue weighted by atomic mass is 32.1. The van der Waals surface area contributed by atoms with Crippen LogP contribution in [0.4, 0.5) is 0 Å². The third kappa shape index (κ3) is 3.80. The molecule has 23 heavy (non-hydrogen) atoms. The van der Waals surface area contributed by atoms with Crippen LogP contribution in [0.1, 0.15) is 12.2 Å². The van der Waals surface area contributed by atoms with Crippen molar-refractivity contribution in [1.82, 2.24) is 4.90 Å². The van der Waals surface area contributed by atoms with Gasteiger partial charge in [-0.25, -0.2) is 4.79 Å². The highest BCUT2D eigenvalue weighted by Crippen LogP contribution is 2.27. The topological polar surface area (TPSA) is 80.0 Å². The average Bonchev–Trinajstić information content (AvgIpc) is 3.23. The Bertz CT molecular complexity index is 678. The molecule has 1 aliphatic rings. The van der Waals surface area contributed by atoms with Crippen LogP contribution in [0, 0.1) is 0 Å². The van der Waals surface area contributed by atoms with Crippen molar-refractivity contribution in [1.29, 1.82) is 0 Å². The van der Waals surface area contributed by atoms with E-state index in [4.69, 9.17) is 14.3 Å². The number of aryl methyl sites for hydroxylation is 1. The van der Waals surface area contributed by atoms with Gasteiger partial charge < -0.3 is 19.2 Å². The first-order valence-corrected chi connectivity index (χ1v) is 8.26. The summed E-state index contributed by atoms with van der Waals surface area (Å²) in [4.78, 5) is 25.8. The number of carboxylic acids is 1. The molecular formula is C16H17NO5S. The summed E-state index contributed by atoms with van der Waals surface area (Å²) in [6.45, 7) is 0.792. The minimum Gasteiger partial charge on any atom is -0.479 e. The van der Waals surface area contributed by atoms with Crippen molar-refractivity contribution in [3.05, 3.63) is 35.4 Å². The largest absolute Gasteiger partial charge is 0.479 e. The summed E-state index contributed by atoms with van der Waals surface area (Å²) in [5.41, 5.74) is 0. The number of amides is 1. The van der Waals surface area contributed by atoms with E-state index in [9.17, 15) is 9.59 Å². The van der Waals surface area contributed by atoms with E-state index in [-0.39, 0.29) is 19.1 Å². The molecule has 2 aromatic heterocycles. The summed E-state index contributed by atoms with van der Waals surface area (Å²) in [7, 11) is 0. The molecule has 2 aromatic rings. The van der Waals surface area contributed by atoms with Gasteiger partial charge in [-0.2, -0.15) is 0 Å². The standard InChI is InChI=1S/C16H17NO5S/c18-15(17-7-8-21-13(10-17)16(19)20)6-4-11-3-5-12(22-11)14-2-1-9-23-14/h1-3,5,9,13H,4,6-8,10H2,(H,19,20)/t13-/m0/s1. The van der Waals surface area contributed by atoms with Crippen molar-refractivity contribution in [3.8, 4) is 10.6 Å². The van der Waals surface area contributed by atoms with Gasteiger partial charge in [0.2, 0.25) is 5.91 Å². The fourth-order valence-electron chi connectivity index (χ4n) is 2.48. The lowest BCUT2D eigenvalue weighted by molar-refractivity contribution is -0.159. The van der Waals surface area contributed by atoms with Gasteiger partial charge in [-0.05, 0) is 23.6 Å². The molecule has 3 heterocycles. The first-order valence-electron chi connectivity index (χ1n) is 7.38. The van der Waals surface area contributed by atoms with Crippen molar-refractivity contribution in [3.63, 3.8) is 0 Å². The van der Waals surface area contributed by atoms with E-state index in [2.05, 4.69) is 0 Å². The molecule has 1 amide bonds. The number of hydrogen-bond donors (Lipinski definition) is 1. The molecule has 1 atom stereocenters. The lowest BCUT2D eigenvalue weighted by Gasteiger charge is -2.30. The van der Waals surface area contributed by atoms with Crippen LogP contribution in [0.5, 0.6) is 0 Å². The molecule has 1 fully saturated rings. The van der Waals surface area contributed by atoms with Crippen LogP contribution >= 0.6 is 11.3 Å². The summed E-state index contributed by atoms with van der Waals surface area (Å²) < 4.78 is 10.9. The van der Waals surface area contributed by atoms with E-state index in [0.29, 0.717) is 19.4 Å². The maximum Gasteiger partial charge on any atom is 0.334 e. The van der Waals surface area contributed by atoms with Gasteiger partial charge in [0, 0.05) is 19.4 Å². The van der Waals surface area contributed by atoms with E-state index in [1.807, 2.05) is 29.6 Å². The van der Waals surface area contributed by atoms with Crippen molar-refractivity contribution in [2.24, 2.45) is 0 Å². The number of thiophene rings is 1. The molecule has 6 nitrogen and oxygen atoms in total. The molecule has 1 N–H and O–H groups in total. The molecule has 3 rings (SSSR count). The molecule has 0 unspecified atom stereocenters. The summed E-state index contributed by atoms with van der Waals surface area (Å²) in [6, 6.07) is 7.73. The second-order valence-corrected chi connectivity index (χ2v) is 6.23. The van der Waals surface area contributed by atoms with Crippen LogP contribution in [-0.2, 0) is 20.7 Å². The Kier molecular flexibility index (Phi) is 4.78. The van der Waals surface area contributed by atoms with Crippen LogP contribution in [0.3, 0.4) is 0 Å².